The molecule has 8 heteroatoms. The molecular weight excluding hydrogens is 308 g/mol. The van der Waals surface area contributed by atoms with E-state index in [-0.39, 0.29) is 9.88 Å². The molecule has 0 aliphatic heterocycles. The molecule has 1 aromatic rings. The highest BCUT2D eigenvalue weighted by molar-refractivity contribution is 7.89. The molecule has 0 aromatic carbocycles. The summed E-state index contributed by atoms with van der Waals surface area (Å²) in [5.41, 5.74) is 5.83. The zero-order valence-corrected chi connectivity index (χ0v) is 14.2. The third kappa shape index (κ3) is 5.66. The van der Waals surface area contributed by atoms with Gasteiger partial charge in [-0.2, -0.15) is 0 Å². The molecule has 0 saturated carbocycles. The highest BCUT2D eigenvalue weighted by Gasteiger charge is 2.14. The number of rotatable bonds is 8. The minimum absolute atomic E-state index is 0.111. The molecule has 0 aliphatic carbocycles. The van der Waals surface area contributed by atoms with Crippen LogP contribution in [0.3, 0.4) is 0 Å². The first kappa shape index (κ1) is 18.0. The maximum atomic E-state index is 12.1. The Morgan fingerprint density at radius 3 is 2.62 bits per heavy atom. The summed E-state index contributed by atoms with van der Waals surface area (Å²) < 4.78 is 26.7. The zero-order valence-electron chi connectivity index (χ0n) is 12.5. The van der Waals surface area contributed by atoms with E-state index in [0.717, 1.165) is 13.0 Å². The minimum Gasteiger partial charge on any atom is -0.388 e. The van der Waals surface area contributed by atoms with Crippen LogP contribution >= 0.6 is 12.2 Å². The van der Waals surface area contributed by atoms with E-state index in [1.807, 2.05) is 7.05 Å². The molecule has 118 valence electrons. The summed E-state index contributed by atoms with van der Waals surface area (Å²) in [5.74, 6) is 0. The average molecular weight is 330 g/mol. The lowest BCUT2D eigenvalue weighted by molar-refractivity contribution is 0.271. The number of hydrogen-bond acceptors (Lipinski definition) is 5. The molecule has 1 heterocycles. The van der Waals surface area contributed by atoms with E-state index >= 15 is 0 Å². The molecule has 0 saturated heterocycles. The van der Waals surface area contributed by atoms with Gasteiger partial charge in [-0.3, -0.25) is 4.98 Å². The van der Waals surface area contributed by atoms with Gasteiger partial charge in [0.15, 0.2) is 0 Å². The molecular formula is C13H22N4O2S2. The van der Waals surface area contributed by atoms with Crippen LogP contribution in [-0.4, -0.2) is 49.5 Å². The smallest absolute Gasteiger partial charge is 0.242 e. The van der Waals surface area contributed by atoms with Gasteiger partial charge in [-0.05, 0) is 46.0 Å². The molecule has 3 N–H and O–H groups in total. The number of pyridine rings is 1. The molecule has 0 spiro atoms. The van der Waals surface area contributed by atoms with Gasteiger partial charge in [0.05, 0.1) is 5.69 Å². The summed E-state index contributed by atoms with van der Waals surface area (Å²) in [7, 11) is -1.52. The van der Waals surface area contributed by atoms with Gasteiger partial charge in [0.2, 0.25) is 10.0 Å². The maximum Gasteiger partial charge on any atom is 0.242 e. The third-order valence-corrected chi connectivity index (χ3v) is 4.82. The monoisotopic (exact) mass is 330 g/mol. The summed E-state index contributed by atoms with van der Waals surface area (Å²) >= 11 is 4.78. The molecule has 1 rings (SSSR count). The van der Waals surface area contributed by atoms with Crippen molar-refractivity contribution in [1.29, 1.82) is 0 Å². The molecule has 21 heavy (non-hydrogen) atoms. The summed E-state index contributed by atoms with van der Waals surface area (Å²) in [6.07, 6.45) is 2.00. The standard InChI is InChI=1S/C13H22N4O2S2/c1-10(2)17(3)8-4-7-16-21(18,19)11-5-6-12(13(14)20)15-9-11/h5-6,9-10,16H,4,7-8H2,1-3H3,(H2,14,20). The van der Waals surface area contributed by atoms with Crippen LogP contribution in [0.15, 0.2) is 23.2 Å². The summed E-state index contributed by atoms with van der Waals surface area (Å²) in [5, 5.41) is 0. The van der Waals surface area contributed by atoms with Gasteiger partial charge in [-0.15, -0.1) is 0 Å². The highest BCUT2D eigenvalue weighted by Crippen LogP contribution is 2.08. The van der Waals surface area contributed by atoms with Crippen LogP contribution in [0.25, 0.3) is 0 Å². The van der Waals surface area contributed by atoms with Crippen molar-refractivity contribution in [3.05, 3.63) is 24.0 Å². The Balaban J connectivity index is 2.55. The van der Waals surface area contributed by atoms with E-state index in [1.54, 1.807) is 0 Å². The Morgan fingerprint density at radius 1 is 1.48 bits per heavy atom. The fourth-order valence-electron chi connectivity index (χ4n) is 1.56. The number of nitrogens with zero attached hydrogens (tertiary/aromatic N) is 2. The summed E-state index contributed by atoms with van der Waals surface area (Å²) in [4.78, 5) is 6.34. The number of aromatic nitrogens is 1. The van der Waals surface area contributed by atoms with Crippen molar-refractivity contribution in [2.45, 2.75) is 31.2 Å². The Morgan fingerprint density at radius 2 is 2.14 bits per heavy atom. The topological polar surface area (TPSA) is 88.3 Å². The first-order valence-electron chi connectivity index (χ1n) is 6.70. The SMILES string of the molecule is CC(C)N(C)CCCNS(=O)(=O)c1ccc(C(N)=S)nc1. The lowest BCUT2D eigenvalue weighted by Gasteiger charge is -2.20. The van der Waals surface area contributed by atoms with Crippen LogP contribution < -0.4 is 10.5 Å². The Bertz CT molecular complexity index is 570. The van der Waals surface area contributed by atoms with E-state index in [1.165, 1.54) is 18.3 Å². The van der Waals surface area contributed by atoms with Crippen molar-refractivity contribution in [1.82, 2.24) is 14.6 Å². The van der Waals surface area contributed by atoms with E-state index < -0.39 is 10.0 Å². The van der Waals surface area contributed by atoms with Crippen molar-refractivity contribution in [3.8, 4) is 0 Å². The maximum absolute atomic E-state index is 12.1. The van der Waals surface area contributed by atoms with Gasteiger partial charge in [0, 0.05) is 18.8 Å². The second-order valence-corrected chi connectivity index (χ2v) is 7.28. The quantitative estimate of drug-likeness (QED) is 0.539. The molecule has 0 unspecified atom stereocenters. The fraction of sp³-hybridized carbons (Fsp3) is 0.538. The van der Waals surface area contributed by atoms with Crippen LogP contribution in [0.1, 0.15) is 26.0 Å². The molecule has 0 fully saturated rings. The lowest BCUT2D eigenvalue weighted by Crippen LogP contribution is -2.31. The lowest BCUT2D eigenvalue weighted by atomic mass is 10.3. The first-order chi connectivity index (χ1) is 9.74. The van der Waals surface area contributed by atoms with Crippen LogP contribution in [0.4, 0.5) is 0 Å². The second-order valence-electron chi connectivity index (χ2n) is 5.07. The Kier molecular flexibility index (Phi) is 6.66. The molecule has 0 radical (unpaired) electrons. The van der Waals surface area contributed by atoms with Crippen LogP contribution in [0.2, 0.25) is 0 Å². The van der Waals surface area contributed by atoms with Gasteiger partial charge < -0.3 is 10.6 Å². The number of sulfonamides is 1. The summed E-state index contributed by atoms with van der Waals surface area (Å²) in [6, 6.07) is 3.39. The third-order valence-electron chi connectivity index (χ3n) is 3.16. The van der Waals surface area contributed by atoms with Crippen molar-refractivity contribution in [3.63, 3.8) is 0 Å². The van der Waals surface area contributed by atoms with Crippen LogP contribution in [0, 0.1) is 0 Å². The molecule has 1 aromatic heterocycles. The van der Waals surface area contributed by atoms with Crippen molar-refractivity contribution in [2.24, 2.45) is 5.73 Å². The van der Waals surface area contributed by atoms with Crippen LogP contribution in [0.5, 0.6) is 0 Å². The van der Waals surface area contributed by atoms with E-state index in [0.29, 0.717) is 18.3 Å². The van der Waals surface area contributed by atoms with E-state index in [4.69, 9.17) is 18.0 Å². The summed E-state index contributed by atoms with van der Waals surface area (Å²) in [6.45, 7) is 5.41. The van der Waals surface area contributed by atoms with Gasteiger partial charge in [0.25, 0.3) is 0 Å². The zero-order chi connectivity index (χ0) is 16.0. The Hall–Kier alpha value is -1.09. The second kappa shape index (κ2) is 7.79. The molecule has 0 bridgehead atoms. The van der Waals surface area contributed by atoms with E-state index in [9.17, 15) is 8.42 Å². The Labute approximate surface area is 131 Å². The first-order valence-corrected chi connectivity index (χ1v) is 8.59. The van der Waals surface area contributed by atoms with Gasteiger partial charge >= 0.3 is 0 Å². The predicted molar refractivity (Wildman–Crippen MR) is 87.7 cm³/mol. The molecule has 0 aliphatic rings. The molecule has 0 atom stereocenters. The van der Waals surface area contributed by atoms with Crippen molar-refractivity contribution in [2.75, 3.05) is 20.1 Å². The number of nitrogens with one attached hydrogen (secondary N) is 1. The number of hydrogen-bond donors (Lipinski definition) is 2. The highest BCUT2D eigenvalue weighted by atomic mass is 32.2. The minimum atomic E-state index is -3.54. The number of thiocarbonyl (C=S) groups is 1. The molecule has 6 nitrogen and oxygen atoms in total. The fourth-order valence-corrected chi connectivity index (χ4v) is 2.70. The van der Waals surface area contributed by atoms with Gasteiger partial charge in [0.1, 0.15) is 9.88 Å². The number of nitrogens with two attached hydrogens (primary N) is 1. The van der Waals surface area contributed by atoms with Crippen molar-refractivity contribution >= 4 is 27.2 Å². The molecule has 0 amide bonds. The van der Waals surface area contributed by atoms with Gasteiger partial charge in [-0.25, -0.2) is 13.1 Å². The average Bonchev–Trinajstić information content (AvgIpc) is 2.43. The normalized spacial score (nSPS) is 12.0. The predicted octanol–water partition coefficient (Wildman–Crippen LogP) is 0.724. The van der Waals surface area contributed by atoms with E-state index in [2.05, 4.69) is 28.5 Å². The van der Waals surface area contributed by atoms with Gasteiger partial charge in [-0.1, -0.05) is 12.2 Å². The van der Waals surface area contributed by atoms with Crippen molar-refractivity contribution < 1.29 is 8.42 Å². The van der Waals surface area contributed by atoms with Crippen LogP contribution in [-0.2, 0) is 10.0 Å². The largest absolute Gasteiger partial charge is 0.388 e.